The van der Waals surface area contributed by atoms with Crippen molar-refractivity contribution in [3.63, 3.8) is 0 Å². The molecule has 0 fully saturated rings. The van der Waals surface area contributed by atoms with Gasteiger partial charge in [0.1, 0.15) is 12.4 Å². The Labute approximate surface area is 216 Å². The zero-order valence-corrected chi connectivity index (χ0v) is 21.1. The van der Waals surface area contributed by atoms with Crippen LogP contribution in [0, 0.1) is 0 Å². The summed E-state index contributed by atoms with van der Waals surface area (Å²) in [6, 6.07) is 29.9. The number of ether oxygens (including phenoxy) is 1. The van der Waals surface area contributed by atoms with Gasteiger partial charge in [0.2, 0.25) is 10.0 Å². The molecule has 0 aliphatic carbocycles. The van der Waals surface area contributed by atoms with Crippen LogP contribution in [0.15, 0.2) is 107 Å². The van der Waals surface area contributed by atoms with Gasteiger partial charge in [0, 0.05) is 24.3 Å². The minimum absolute atomic E-state index is 0.280. The molecule has 0 saturated carbocycles. The molecule has 1 heterocycles. The average molecular weight is 517 g/mol. The van der Waals surface area contributed by atoms with E-state index >= 15 is 0 Å². The van der Waals surface area contributed by atoms with Crippen LogP contribution in [-0.4, -0.2) is 25.5 Å². The molecule has 4 aromatic rings. The molecule has 4 aromatic carbocycles. The van der Waals surface area contributed by atoms with Gasteiger partial charge in [-0.2, -0.15) is 4.31 Å². The molecule has 182 valence electrons. The van der Waals surface area contributed by atoms with Crippen molar-refractivity contribution in [2.75, 3.05) is 6.54 Å². The smallest absolute Gasteiger partial charge is 0.243 e. The van der Waals surface area contributed by atoms with E-state index in [1.807, 2.05) is 66.7 Å². The fourth-order valence-electron chi connectivity index (χ4n) is 4.12. The topological polar surface area (TPSA) is 59.0 Å². The Kier molecular flexibility index (Phi) is 7.18. The SMILES string of the molecule is O=S(=O)(c1ccc(N=Cc2ccc(OCc3cccc(Cl)c3)cc2)cc1)N1CCc2ccccc2C1. The zero-order valence-electron chi connectivity index (χ0n) is 19.5. The van der Waals surface area contributed by atoms with Crippen LogP contribution in [0.25, 0.3) is 0 Å². The summed E-state index contributed by atoms with van der Waals surface area (Å²) < 4.78 is 33.7. The second kappa shape index (κ2) is 10.7. The Bertz CT molecular complexity index is 1480. The number of sulfonamides is 1. The van der Waals surface area contributed by atoms with Gasteiger partial charge < -0.3 is 4.74 Å². The standard InChI is InChI=1S/C29H25ClN2O3S/c30-26-7-3-4-23(18-26)21-35-28-12-8-22(9-13-28)19-31-27-10-14-29(15-11-27)36(33,34)32-17-16-24-5-1-2-6-25(24)20-32/h1-15,18-19H,16-17,20-21H2. The first-order valence-corrected chi connectivity index (χ1v) is 13.5. The minimum Gasteiger partial charge on any atom is -0.489 e. The molecular formula is C29H25ClN2O3S. The number of aliphatic imine (C=N–C) groups is 1. The fraction of sp³-hybridized carbons (Fsp3) is 0.138. The lowest BCUT2D eigenvalue weighted by molar-refractivity contribution is 0.306. The normalized spacial score (nSPS) is 14.0. The van der Waals surface area contributed by atoms with E-state index in [2.05, 4.69) is 11.1 Å². The Morgan fingerprint density at radius 1 is 0.889 bits per heavy atom. The highest BCUT2D eigenvalue weighted by atomic mass is 35.5. The van der Waals surface area contributed by atoms with Crippen molar-refractivity contribution in [1.82, 2.24) is 4.31 Å². The highest BCUT2D eigenvalue weighted by Gasteiger charge is 2.28. The summed E-state index contributed by atoms with van der Waals surface area (Å²) in [7, 11) is -3.56. The van der Waals surface area contributed by atoms with Gasteiger partial charge in [-0.25, -0.2) is 8.42 Å². The lowest BCUT2D eigenvalue weighted by Gasteiger charge is -2.28. The Balaban J connectivity index is 1.20. The van der Waals surface area contributed by atoms with E-state index in [4.69, 9.17) is 16.3 Å². The molecule has 5 rings (SSSR count). The summed E-state index contributed by atoms with van der Waals surface area (Å²) in [5.41, 5.74) is 4.88. The molecule has 0 unspecified atom stereocenters. The Morgan fingerprint density at radius 2 is 1.64 bits per heavy atom. The van der Waals surface area contributed by atoms with Crippen LogP contribution in [0.3, 0.4) is 0 Å². The van der Waals surface area contributed by atoms with E-state index in [1.165, 1.54) is 5.56 Å². The predicted molar refractivity (Wildman–Crippen MR) is 144 cm³/mol. The summed E-state index contributed by atoms with van der Waals surface area (Å²) in [6.07, 6.45) is 2.47. The molecule has 0 aromatic heterocycles. The Morgan fingerprint density at radius 3 is 2.39 bits per heavy atom. The van der Waals surface area contributed by atoms with Crippen molar-refractivity contribution in [2.24, 2.45) is 4.99 Å². The van der Waals surface area contributed by atoms with Crippen LogP contribution in [0.4, 0.5) is 5.69 Å². The van der Waals surface area contributed by atoms with Gasteiger partial charge in [-0.3, -0.25) is 4.99 Å². The van der Waals surface area contributed by atoms with E-state index in [1.54, 1.807) is 34.8 Å². The number of benzene rings is 4. The first-order chi connectivity index (χ1) is 17.5. The highest BCUT2D eigenvalue weighted by Crippen LogP contribution is 2.26. The maximum Gasteiger partial charge on any atom is 0.243 e. The van der Waals surface area contributed by atoms with Crippen LogP contribution < -0.4 is 4.74 Å². The fourth-order valence-corrected chi connectivity index (χ4v) is 5.75. The largest absolute Gasteiger partial charge is 0.489 e. The minimum atomic E-state index is -3.56. The van der Waals surface area contributed by atoms with Crippen molar-refractivity contribution < 1.29 is 13.2 Å². The molecule has 5 nitrogen and oxygen atoms in total. The van der Waals surface area contributed by atoms with E-state index in [0.29, 0.717) is 30.4 Å². The molecule has 0 N–H and O–H groups in total. The van der Waals surface area contributed by atoms with Crippen LogP contribution >= 0.6 is 11.6 Å². The first kappa shape index (κ1) is 24.3. The van der Waals surface area contributed by atoms with Crippen molar-refractivity contribution >= 4 is 33.5 Å². The number of rotatable bonds is 7. The molecule has 1 aliphatic heterocycles. The van der Waals surface area contributed by atoms with Crippen molar-refractivity contribution in [3.8, 4) is 5.75 Å². The first-order valence-electron chi connectivity index (χ1n) is 11.7. The summed E-state index contributed by atoms with van der Waals surface area (Å²) in [6.45, 7) is 1.32. The van der Waals surface area contributed by atoms with Crippen LogP contribution in [0.5, 0.6) is 5.75 Å². The number of hydrogen-bond donors (Lipinski definition) is 0. The van der Waals surface area contributed by atoms with Gasteiger partial charge in [-0.15, -0.1) is 0 Å². The number of nitrogens with zero attached hydrogens (tertiary/aromatic N) is 2. The van der Waals surface area contributed by atoms with E-state index < -0.39 is 10.0 Å². The van der Waals surface area contributed by atoms with Gasteiger partial charge >= 0.3 is 0 Å². The molecule has 7 heteroatoms. The van der Waals surface area contributed by atoms with Gasteiger partial charge in [0.05, 0.1) is 10.6 Å². The lowest BCUT2D eigenvalue weighted by Crippen LogP contribution is -2.35. The average Bonchev–Trinajstić information content (AvgIpc) is 2.91. The molecule has 0 radical (unpaired) electrons. The second-order valence-corrected chi connectivity index (χ2v) is 11.0. The van der Waals surface area contributed by atoms with Crippen molar-refractivity contribution in [2.45, 2.75) is 24.5 Å². The summed E-state index contributed by atoms with van der Waals surface area (Å²) in [5.74, 6) is 0.752. The zero-order chi connectivity index (χ0) is 25.0. The number of halogens is 1. The van der Waals surface area contributed by atoms with Crippen LogP contribution in [0.2, 0.25) is 5.02 Å². The number of fused-ring (bicyclic) bond motifs is 1. The third kappa shape index (κ3) is 5.68. The maximum absolute atomic E-state index is 13.1. The van der Waals surface area contributed by atoms with Crippen molar-refractivity contribution in [1.29, 1.82) is 0 Å². The molecule has 0 saturated heterocycles. The molecule has 1 aliphatic rings. The molecule has 36 heavy (non-hydrogen) atoms. The monoisotopic (exact) mass is 516 g/mol. The summed E-state index contributed by atoms with van der Waals surface area (Å²) in [4.78, 5) is 4.77. The molecule has 0 spiro atoms. The summed E-state index contributed by atoms with van der Waals surface area (Å²) in [5, 5.41) is 0.686. The van der Waals surface area contributed by atoms with E-state index in [9.17, 15) is 8.42 Å². The van der Waals surface area contributed by atoms with Gasteiger partial charge in [0.25, 0.3) is 0 Å². The second-order valence-electron chi connectivity index (χ2n) is 8.60. The van der Waals surface area contributed by atoms with E-state index in [-0.39, 0.29) is 4.90 Å². The molecular weight excluding hydrogens is 492 g/mol. The highest BCUT2D eigenvalue weighted by molar-refractivity contribution is 7.89. The third-order valence-electron chi connectivity index (χ3n) is 6.11. The predicted octanol–water partition coefficient (Wildman–Crippen LogP) is 6.42. The van der Waals surface area contributed by atoms with Crippen LogP contribution in [0.1, 0.15) is 22.3 Å². The summed E-state index contributed by atoms with van der Waals surface area (Å²) >= 11 is 6.01. The third-order valence-corrected chi connectivity index (χ3v) is 8.20. The molecule has 0 atom stereocenters. The van der Waals surface area contributed by atoms with E-state index in [0.717, 1.165) is 28.9 Å². The molecule has 0 bridgehead atoms. The van der Waals surface area contributed by atoms with Crippen molar-refractivity contribution in [3.05, 3.63) is 124 Å². The van der Waals surface area contributed by atoms with Crippen LogP contribution in [-0.2, 0) is 29.6 Å². The van der Waals surface area contributed by atoms with Gasteiger partial charge in [0.15, 0.2) is 0 Å². The molecule has 0 amide bonds. The van der Waals surface area contributed by atoms with Gasteiger partial charge in [-0.05, 0) is 89.3 Å². The quantitative estimate of drug-likeness (QED) is 0.266. The maximum atomic E-state index is 13.1. The lowest BCUT2D eigenvalue weighted by atomic mass is 10.0. The van der Waals surface area contributed by atoms with Gasteiger partial charge in [-0.1, -0.05) is 48.0 Å². The number of hydrogen-bond acceptors (Lipinski definition) is 4. The Hall–Kier alpha value is -3.45.